The summed E-state index contributed by atoms with van der Waals surface area (Å²) in [6.07, 6.45) is 0.390. The molecule has 2 N–H and O–H groups in total. The highest BCUT2D eigenvalue weighted by molar-refractivity contribution is 9.10. The number of aliphatic carboxylic acids is 1. The second-order valence-electron chi connectivity index (χ2n) is 4.27. The van der Waals surface area contributed by atoms with Crippen molar-refractivity contribution in [1.82, 2.24) is 5.32 Å². The summed E-state index contributed by atoms with van der Waals surface area (Å²) in [6.45, 7) is 0. The molecule has 1 aromatic carbocycles. The van der Waals surface area contributed by atoms with Gasteiger partial charge in [0.15, 0.2) is 0 Å². The van der Waals surface area contributed by atoms with Crippen LogP contribution >= 0.6 is 27.7 Å². The van der Waals surface area contributed by atoms with Crippen LogP contribution < -0.4 is 5.32 Å². The summed E-state index contributed by atoms with van der Waals surface area (Å²) in [6, 6.07) is 3.82. The second kappa shape index (κ2) is 5.50. The molecule has 1 aromatic rings. The average Bonchev–Trinajstić information content (AvgIpc) is 2.82. The SMILES string of the molecule is O=C(NC1(C(=O)O)CCSC1)c1ccc(F)c(Br)c1. The van der Waals surface area contributed by atoms with Crippen molar-refractivity contribution in [3.05, 3.63) is 34.1 Å². The van der Waals surface area contributed by atoms with Crippen LogP contribution in [0, 0.1) is 5.82 Å². The van der Waals surface area contributed by atoms with Gasteiger partial charge in [-0.05, 0) is 46.3 Å². The molecule has 1 atom stereocenters. The maximum Gasteiger partial charge on any atom is 0.330 e. The zero-order valence-electron chi connectivity index (χ0n) is 9.78. The van der Waals surface area contributed by atoms with E-state index in [4.69, 9.17) is 0 Å². The Bertz CT molecular complexity index is 532. The minimum atomic E-state index is -1.22. The molecular weight excluding hydrogens is 337 g/mol. The number of nitrogens with one attached hydrogen (secondary N) is 1. The van der Waals surface area contributed by atoms with E-state index in [9.17, 15) is 19.1 Å². The number of thioether (sulfide) groups is 1. The van der Waals surface area contributed by atoms with Crippen molar-refractivity contribution in [3.8, 4) is 0 Å². The molecule has 1 amide bonds. The molecule has 4 nitrogen and oxygen atoms in total. The van der Waals surface area contributed by atoms with E-state index in [1.807, 2.05) is 0 Å². The molecule has 0 radical (unpaired) electrons. The standard InChI is InChI=1S/C12H11BrFNO3S/c13-8-5-7(1-2-9(8)14)10(16)15-12(11(17)18)3-4-19-6-12/h1-2,5H,3-4,6H2,(H,15,16)(H,17,18). The largest absolute Gasteiger partial charge is 0.479 e. The quantitative estimate of drug-likeness (QED) is 0.880. The fraction of sp³-hybridized carbons (Fsp3) is 0.333. The van der Waals surface area contributed by atoms with Crippen molar-refractivity contribution >= 4 is 39.6 Å². The third-order valence-corrected chi connectivity index (χ3v) is 4.76. The molecule has 1 saturated heterocycles. The van der Waals surface area contributed by atoms with Crippen LogP contribution in [0.5, 0.6) is 0 Å². The van der Waals surface area contributed by atoms with Gasteiger partial charge in [-0.1, -0.05) is 0 Å². The van der Waals surface area contributed by atoms with Crippen molar-refractivity contribution in [2.75, 3.05) is 11.5 Å². The number of rotatable bonds is 3. The molecule has 0 aliphatic carbocycles. The fourth-order valence-electron chi connectivity index (χ4n) is 1.81. The van der Waals surface area contributed by atoms with Crippen LogP contribution in [0.15, 0.2) is 22.7 Å². The molecule has 0 spiro atoms. The Balaban J connectivity index is 2.20. The van der Waals surface area contributed by atoms with E-state index in [1.54, 1.807) is 0 Å². The van der Waals surface area contributed by atoms with Crippen molar-refractivity contribution < 1.29 is 19.1 Å². The lowest BCUT2D eigenvalue weighted by Crippen LogP contribution is -2.54. The highest BCUT2D eigenvalue weighted by Gasteiger charge is 2.43. The van der Waals surface area contributed by atoms with Crippen LogP contribution in [0.2, 0.25) is 0 Å². The zero-order valence-corrected chi connectivity index (χ0v) is 12.2. The monoisotopic (exact) mass is 347 g/mol. The van der Waals surface area contributed by atoms with Gasteiger partial charge in [0, 0.05) is 11.3 Å². The minimum absolute atomic E-state index is 0.172. The maximum atomic E-state index is 13.1. The lowest BCUT2D eigenvalue weighted by Gasteiger charge is -2.24. The number of carbonyl (C=O) groups excluding carboxylic acids is 1. The molecule has 0 saturated carbocycles. The average molecular weight is 348 g/mol. The molecule has 1 unspecified atom stereocenters. The number of hydrogen-bond donors (Lipinski definition) is 2. The van der Waals surface area contributed by atoms with Crippen molar-refractivity contribution in [3.63, 3.8) is 0 Å². The van der Waals surface area contributed by atoms with Gasteiger partial charge in [0.1, 0.15) is 11.4 Å². The third-order valence-electron chi connectivity index (χ3n) is 2.97. The zero-order chi connectivity index (χ0) is 14.0. The topological polar surface area (TPSA) is 66.4 Å². The molecule has 1 heterocycles. The first-order valence-electron chi connectivity index (χ1n) is 5.53. The van der Waals surface area contributed by atoms with Crippen molar-refractivity contribution in [2.45, 2.75) is 12.0 Å². The van der Waals surface area contributed by atoms with Crippen LogP contribution in [-0.4, -0.2) is 34.0 Å². The normalized spacial score (nSPS) is 22.2. The van der Waals surface area contributed by atoms with Gasteiger partial charge in [0.25, 0.3) is 5.91 Å². The number of amides is 1. The first-order valence-corrected chi connectivity index (χ1v) is 7.48. The Morgan fingerprint density at radius 3 is 2.74 bits per heavy atom. The first-order chi connectivity index (χ1) is 8.94. The van der Waals surface area contributed by atoms with Crippen LogP contribution in [0.25, 0.3) is 0 Å². The molecule has 7 heteroatoms. The van der Waals surface area contributed by atoms with E-state index in [2.05, 4.69) is 21.2 Å². The summed E-state index contributed by atoms with van der Waals surface area (Å²) in [5, 5.41) is 11.8. The van der Waals surface area contributed by atoms with E-state index >= 15 is 0 Å². The minimum Gasteiger partial charge on any atom is -0.479 e. The summed E-state index contributed by atoms with van der Waals surface area (Å²) >= 11 is 4.48. The van der Waals surface area contributed by atoms with Crippen molar-refractivity contribution in [1.29, 1.82) is 0 Å². The van der Waals surface area contributed by atoms with Gasteiger partial charge in [-0.2, -0.15) is 11.8 Å². The van der Waals surface area contributed by atoms with Gasteiger partial charge >= 0.3 is 5.97 Å². The number of benzene rings is 1. The van der Waals surface area contributed by atoms with Crippen LogP contribution in [0.3, 0.4) is 0 Å². The summed E-state index contributed by atoms with van der Waals surface area (Å²) in [7, 11) is 0. The number of carboxylic acid groups (broad SMARTS) is 1. The van der Waals surface area contributed by atoms with E-state index in [0.29, 0.717) is 17.9 Å². The number of carboxylic acids is 1. The molecule has 102 valence electrons. The molecule has 2 rings (SSSR count). The van der Waals surface area contributed by atoms with Gasteiger partial charge < -0.3 is 10.4 Å². The van der Waals surface area contributed by atoms with Gasteiger partial charge in [-0.3, -0.25) is 4.79 Å². The van der Waals surface area contributed by atoms with Crippen molar-refractivity contribution in [2.24, 2.45) is 0 Å². The van der Waals surface area contributed by atoms with Gasteiger partial charge in [0.05, 0.1) is 4.47 Å². The van der Waals surface area contributed by atoms with E-state index in [1.165, 1.54) is 23.9 Å². The van der Waals surface area contributed by atoms with E-state index in [0.717, 1.165) is 6.07 Å². The lowest BCUT2D eigenvalue weighted by molar-refractivity contribution is -0.143. The predicted octanol–water partition coefficient (Wildman–Crippen LogP) is 2.28. The number of carbonyl (C=O) groups is 2. The Morgan fingerprint density at radius 1 is 1.47 bits per heavy atom. The van der Waals surface area contributed by atoms with Crippen LogP contribution in [0.1, 0.15) is 16.8 Å². The Morgan fingerprint density at radius 2 is 2.21 bits per heavy atom. The van der Waals surface area contributed by atoms with E-state index in [-0.39, 0.29) is 10.0 Å². The number of hydrogen-bond acceptors (Lipinski definition) is 3. The van der Waals surface area contributed by atoms with Crippen LogP contribution in [0.4, 0.5) is 4.39 Å². The molecule has 19 heavy (non-hydrogen) atoms. The molecule has 1 aliphatic rings. The summed E-state index contributed by atoms with van der Waals surface area (Å²) in [5.74, 6) is -0.977. The number of halogens is 2. The maximum absolute atomic E-state index is 13.1. The summed E-state index contributed by atoms with van der Waals surface area (Å²) in [4.78, 5) is 23.4. The van der Waals surface area contributed by atoms with E-state index < -0.39 is 23.2 Å². The smallest absolute Gasteiger partial charge is 0.330 e. The van der Waals surface area contributed by atoms with Gasteiger partial charge in [-0.15, -0.1) is 0 Å². The highest BCUT2D eigenvalue weighted by atomic mass is 79.9. The van der Waals surface area contributed by atoms with Crippen LogP contribution in [-0.2, 0) is 4.79 Å². The molecule has 1 aliphatic heterocycles. The summed E-state index contributed by atoms with van der Waals surface area (Å²) < 4.78 is 13.3. The molecule has 0 aromatic heterocycles. The fourth-order valence-corrected chi connectivity index (χ4v) is 3.52. The third kappa shape index (κ3) is 2.92. The first kappa shape index (κ1) is 14.3. The highest BCUT2D eigenvalue weighted by Crippen LogP contribution is 2.29. The molecule has 1 fully saturated rings. The van der Waals surface area contributed by atoms with Gasteiger partial charge in [-0.25, -0.2) is 9.18 Å². The summed E-state index contributed by atoms with van der Waals surface area (Å²) in [5.41, 5.74) is -0.992. The van der Waals surface area contributed by atoms with Gasteiger partial charge in [0.2, 0.25) is 0 Å². The Kier molecular flexibility index (Phi) is 4.15. The molecular formula is C12H11BrFNO3S. The lowest BCUT2D eigenvalue weighted by atomic mass is 9.98. The molecule has 0 bridgehead atoms. The second-order valence-corrected chi connectivity index (χ2v) is 6.23. The Labute approximate surface area is 121 Å². The predicted molar refractivity (Wildman–Crippen MR) is 73.9 cm³/mol. The Hall–Kier alpha value is -1.08.